The lowest BCUT2D eigenvalue weighted by molar-refractivity contribution is -0.155. The Balaban J connectivity index is 2.85. The van der Waals surface area contributed by atoms with Crippen LogP contribution in [0.3, 0.4) is 0 Å². The number of nitrogens with two attached hydrogens (primary N) is 4. The van der Waals surface area contributed by atoms with E-state index < -0.39 is 163 Å². The number of hydrogen-bond donors (Lipinski definition) is 18. The van der Waals surface area contributed by atoms with Crippen LogP contribution in [-0.4, -0.2) is 202 Å². The molecular weight excluding hydrogens is 1140 g/mol. The van der Waals surface area contributed by atoms with Crippen molar-refractivity contribution < 1.29 is 83.0 Å². The zero-order chi connectivity index (χ0) is 63.6. The van der Waals surface area contributed by atoms with Crippen LogP contribution in [-0.2, 0) is 63.9 Å². The first-order valence-corrected chi connectivity index (χ1v) is 28.5. The van der Waals surface area contributed by atoms with Crippen LogP contribution in [0.5, 0.6) is 0 Å². The summed E-state index contributed by atoms with van der Waals surface area (Å²) in [5, 5.41) is 73.4. The van der Waals surface area contributed by atoms with Gasteiger partial charge in [-0.1, -0.05) is 88.8 Å². The molecule has 11 atom stereocenters. The number of aliphatic carboxylic acids is 1. The maximum atomic E-state index is 14.4. The number of aliphatic hydroxyl groups excluding tert-OH is 4. The number of ether oxygens (including phenoxy) is 1. The van der Waals surface area contributed by atoms with Crippen molar-refractivity contribution in [1.82, 2.24) is 47.9 Å². The first-order valence-electron chi connectivity index (χ1n) is 28.0. The van der Waals surface area contributed by atoms with E-state index in [1.165, 1.54) is 6.92 Å². The maximum Gasteiger partial charge on any atom is 0.335 e. The molecule has 1 aromatic rings. The number of carboxylic acid groups (broad SMARTS) is 1. The van der Waals surface area contributed by atoms with Crippen molar-refractivity contribution >= 4 is 82.7 Å². The van der Waals surface area contributed by atoms with Gasteiger partial charge in [-0.3, -0.25) is 48.1 Å². The molecule has 1 heterocycles. The number of carbonyl (C=O) groups is 11. The molecule has 1 aliphatic rings. The summed E-state index contributed by atoms with van der Waals surface area (Å²) >= 11 is 5.89. The van der Waals surface area contributed by atoms with E-state index in [2.05, 4.69) is 49.1 Å². The number of aliphatic hydroxyl groups is 4. The van der Waals surface area contributed by atoms with Crippen LogP contribution in [0.1, 0.15) is 103 Å². The summed E-state index contributed by atoms with van der Waals surface area (Å²) in [6.45, 7) is 0.672. The number of hydrogen-bond acceptors (Lipinski definition) is 19. The van der Waals surface area contributed by atoms with Gasteiger partial charge in [-0.25, -0.2) is 9.59 Å². The highest BCUT2D eigenvalue weighted by atomic mass is 35.5. The van der Waals surface area contributed by atoms with Crippen molar-refractivity contribution in [3.63, 3.8) is 0 Å². The van der Waals surface area contributed by atoms with Gasteiger partial charge in [0, 0.05) is 13.0 Å². The van der Waals surface area contributed by atoms with E-state index in [4.69, 9.17) is 39.3 Å². The summed E-state index contributed by atoms with van der Waals surface area (Å²) in [6, 6.07) is -6.91. The molecule has 0 saturated carbocycles. The molecule has 0 radical (unpaired) electrons. The fourth-order valence-electron chi connectivity index (χ4n) is 8.34. The largest absolute Gasteiger partial charge is 0.479 e. The van der Waals surface area contributed by atoms with Gasteiger partial charge in [0.1, 0.15) is 54.6 Å². The number of amides is 9. The van der Waals surface area contributed by atoms with Crippen molar-refractivity contribution in [3.05, 3.63) is 47.7 Å². The second-order valence-electron chi connectivity index (χ2n) is 19.9. The zero-order valence-corrected chi connectivity index (χ0v) is 48.5. The number of allylic oxidation sites excluding steroid dienone is 1. The summed E-state index contributed by atoms with van der Waals surface area (Å²) < 4.78 is 5.28. The topological polar surface area (TPSA) is 523 Å². The number of guanidine groups is 1. The third kappa shape index (κ3) is 26.9. The van der Waals surface area contributed by atoms with E-state index in [9.17, 15) is 78.3 Å². The molecule has 0 aromatic heterocycles. The molecule has 476 valence electrons. The molecule has 1 aromatic carbocycles. The Morgan fingerprint density at radius 3 is 1.80 bits per heavy atom. The molecule has 0 aliphatic carbocycles. The van der Waals surface area contributed by atoms with E-state index in [1.54, 1.807) is 30.3 Å². The average molecular weight is 1230 g/mol. The molecule has 32 heteroatoms. The molecule has 0 bridgehead atoms. The van der Waals surface area contributed by atoms with Gasteiger partial charge >= 0.3 is 11.9 Å². The summed E-state index contributed by atoms with van der Waals surface area (Å²) in [7, 11) is 0. The van der Waals surface area contributed by atoms with E-state index >= 15 is 0 Å². The van der Waals surface area contributed by atoms with Crippen molar-refractivity contribution in [2.45, 2.75) is 170 Å². The van der Waals surface area contributed by atoms with E-state index in [0.717, 1.165) is 38.2 Å². The minimum atomic E-state index is -2.81. The second kappa shape index (κ2) is 39.9. The number of nitrogens with one attached hydrogen (secondary N) is 9. The first-order chi connectivity index (χ1) is 40.4. The van der Waals surface area contributed by atoms with E-state index in [1.807, 2.05) is 10.6 Å². The Morgan fingerprint density at radius 1 is 0.706 bits per heavy atom. The SMILES string of the molecule is CC/C=C1\NC(=O)[C@H](Cc2ccccc2)NC(=O)[C@H](CCCN=C(N)N)NC(=O)[C@H](CCN)NC(=O)[C@H](CCN)NC(=O)[C@H](CO)NC(=O)[C@@H](NC(=O)CC(O)CCCCCCCC)COC(=O)[C@H]([C@H](O)CCl)NC(=O)[C@H](C(O)C(=O)O)NC1=O. The van der Waals surface area contributed by atoms with E-state index in [-0.39, 0.29) is 70.5 Å². The highest BCUT2D eigenvalue weighted by Gasteiger charge is 2.40. The lowest BCUT2D eigenvalue weighted by atomic mass is 10.0. The molecule has 22 N–H and O–H groups in total. The number of cyclic esters (lactones) is 1. The molecule has 2 unspecified atom stereocenters. The predicted octanol–water partition coefficient (Wildman–Crippen LogP) is -5.64. The third-order valence-electron chi connectivity index (χ3n) is 13.0. The maximum absolute atomic E-state index is 14.4. The molecule has 9 amide bonds. The number of halogens is 1. The monoisotopic (exact) mass is 1220 g/mol. The van der Waals surface area contributed by atoms with Crippen molar-refractivity contribution in [1.29, 1.82) is 0 Å². The van der Waals surface area contributed by atoms with Crippen molar-refractivity contribution in [2.24, 2.45) is 27.9 Å². The zero-order valence-electron chi connectivity index (χ0n) is 47.7. The molecule has 1 saturated heterocycles. The van der Waals surface area contributed by atoms with Gasteiger partial charge in [0.05, 0.1) is 31.1 Å². The summed E-state index contributed by atoms with van der Waals surface area (Å²) in [5.41, 5.74) is 22.5. The number of carboxylic acids is 1. The van der Waals surface area contributed by atoms with Crippen LogP contribution in [0.2, 0.25) is 0 Å². The van der Waals surface area contributed by atoms with Crippen molar-refractivity contribution in [2.75, 3.05) is 38.7 Å². The molecule has 31 nitrogen and oxygen atoms in total. The number of carbonyl (C=O) groups excluding carboxylic acids is 10. The predicted molar refractivity (Wildman–Crippen MR) is 306 cm³/mol. The summed E-state index contributed by atoms with van der Waals surface area (Å²) in [4.78, 5) is 156. The third-order valence-corrected chi connectivity index (χ3v) is 13.3. The summed E-state index contributed by atoms with van der Waals surface area (Å²) in [6.07, 6.45) is -1.24. The second-order valence-corrected chi connectivity index (χ2v) is 20.2. The quantitative estimate of drug-likeness (QED) is 0.0103. The van der Waals surface area contributed by atoms with Gasteiger partial charge in [0.15, 0.2) is 18.1 Å². The standard InChI is InChI=1S/C53H85ClN14O17/c1-3-5-6-7-8-12-17-30(70)25-39(72)60-37-28-85-52(84)40(38(71)26-54)67-50(81)41(42(73)51(82)83)68-46(77)31(14-4-2)61-47(78)35(24-29-15-10-9-11-16-29)65-43(74)32(18-13-23-59-53(57)58)62-44(75)33(19-21-55)63-45(76)34(20-22-56)64-48(79)36(27-69)66-49(37)80/h9-11,14-16,30,32-38,40-42,69-71,73H,3-8,12-13,17-28,55-56H2,1-2H3,(H,60,72)(H,61,78)(H,62,75)(H,63,76)(H,64,79)(H,65,74)(H,66,80)(H,67,81)(H,68,77)(H,82,83)(H4,57,58,59)/b31-14-/t30?,32-,33-,34-,35-,36-,37-,38+,40-,41-,42?/m0/s1. The van der Waals surface area contributed by atoms with E-state index in [0.29, 0.717) is 12.0 Å². The lowest BCUT2D eigenvalue weighted by Crippen LogP contribution is -2.62. The highest BCUT2D eigenvalue weighted by molar-refractivity contribution is 6.18. The Bertz CT molecular complexity index is 2440. The molecular formula is C53H85ClN14O17. The van der Waals surface area contributed by atoms with Crippen LogP contribution in [0, 0.1) is 0 Å². The fraction of sp³-hybridized carbons (Fsp3) is 0.623. The molecule has 0 spiro atoms. The number of unbranched alkanes of at least 4 members (excludes halogenated alkanes) is 5. The van der Waals surface area contributed by atoms with Gasteiger partial charge in [-0.05, 0) is 57.2 Å². The Morgan fingerprint density at radius 2 is 1.26 bits per heavy atom. The molecule has 1 fully saturated rings. The Kier molecular flexibility index (Phi) is 34.5. The minimum absolute atomic E-state index is 0.0173. The molecule has 1 aliphatic heterocycles. The van der Waals surface area contributed by atoms with Gasteiger partial charge in [0.2, 0.25) is 47.3 Å². The lowest BCUT2D eigenvalue weighted by Gasteiger charge is -2.28. The number of alkyl halides is 1. The number of aliphatic imine (C=N–C) groups is 1. The van der Waals surface area contributed by atoms with Gasteiger partial charge in [0.25, 0.3) is 5.91 Å². The number of nitrogens with zero attached hydrogens (tertiary/aromatic N) is 1. The van der Waals surface area contributed by atoms with Crippen LogP contribution >= 0.6 is 11.6 Å². The van der Waals surface area contributed by atoms with Crippen LogP contribution in [0.15, 0.2) is 47.1 Å². The number of rotatable bonds is 26. The highest BCUT2D eigenvalue weighted by Crippen LogP contribution is 2.13. The number of benzene rings is 1. The Labute approximate surface area is 496 Å². The molecule has 85 heavy (non-hydrogen) atoms. The average Bonchev–Trinajstić information content (AvgIpc) is 3.59. The summed E-state index contributed by atoms with van der Waals surface area (Å²) in [5.74, 6) is -15.6. The first kappa shape index (κ1) is 73.6. The van der Waals surface area contributed by atoms with Gasteiger partial charge in [-0.2, -0.15) is 0 Å². The van der Waals surface area contributed by atoms with Crippen molar-refractivity contribution in [3.8, 4) is 0 Å². The smallest absolute Gasteiger partial charge is 0.335 e. The normalized spacial score (nSPS) is 23.7. The van der Waals surface area contributed by atoms with Crippen LogP contribution < -0.4 is 70.8 Å². The Hall–Kier alpha value is -7.55. The number of esters is 1. The molecule has 2 rings (SSSR count). The minimum Gasteiger partial charge on any atom is -0.479 e. The van der Waals surface area contributed by atoms with Gasteiger partial charge < -0.3 is 101 Å². The van der Waals surface area contributed by atoms with Gasteiger partial charge in [-0.15, -0.1) is 11.6 Å². The van der Waals surface area contributed by atoms with Crippen LogP contribution in [0.4, 0.5) is 0 Å². The van der Waals surface area contributed by atoms with Crippen LogP contribution in [0.25, 0.3) is 0 Å². The fourth-order valence-corrected chi connectivity index (χ4v) is 8.52.